The van der Waals surface area contributed by atoms with E-state index < -0.39 is 0 Å². The van der Waals surface area contributed by atoms with Crippen LogP contribution in [0, 0.1) is 5.92 Å². The first-order valence-electron chi connectivity index (χ1n) is 6.93. The van der Waals surface area contributed by atoms with Gasteiger partial charge in [0.15, 0.2) is 0 Å². The molecule has 0 saturated heterocycles. The van der Waals surface area contributed by atoms with Crippen molar-refractivity contribution in [2.24, 2.45) is 5.92 Å². The lowest BCUT2D eigenvalue weighted by molar-refractivity contribution is 0.198. The molecule has 3 heteroatoms. The van der Waals surface area contributed by atoms with Gasteiger partial charge >= 0.3 is 0 Å². The molecule has 0 fully saturated rings. The van der Waals surface area contributed by atoms with Crippen LogP contribution in [0.25, 0.3) is 0 Å². The number of rotatable bonds is 8. The van der Waals surface area contributed by atoms with E-state index in [9.17, 15) is 0 Å². The van der Waals surface area contributed by atoms with Gasteiger partial charge < -0.3 is 5.32 Å². The van der Waals surface area contributed by atoms with Crippen LogP contribution in [-0.2, 0) is 6.54 Å². The minimum absolute atomic E-state index is 0.618. The highest BCUT2D eigenvalue weighted by atomic mass is 15.2. The highest BCUT2D eigenvalue weighted by molar-refractivity contribution is 5.07. The highest BCUT2D eigenvalue weighted by Crippen LogP contribution is 2.03. The summed E-state index contributed by atoms with van der Waals surface area (Å²) in [6.45, 7) is 13.3. The minimum Gasteiger partial charge on any atom is -0.311 e. The molecule has 0 unspecified atom stereocenters. The fraction of sp³-hybridized carbons (Fsp3) is 0.667. The van der Waals surface area contributed by atoms with E-state index in [0.717, 1.165) is 25.6 Å². The molecule has 3 nitrogen and oxygen atoms in total. The van der Waals surface area contributed by atoms with Crippen LogP contribution in [0.3, 0.4) is 0 Å². The predicted molar refractivity (Wildman–Crippen MR) is 77.5 cm³/mol. The van der Waals surface area contributed by atoms with E-state index in [1.165, 1.54) is 12.1 Å². The normalized spacial score (nSPS) is 11.7. The van der Waals surface area contributed by atoms with E-state index in [1.54, 1.807) is 0 Å². The fourth-order valence-corrected chi connectivity index (χ4v) is 1.99. The molecule has 102 valence electrons. The number of aromatic nitrogens is 1. The van der Waals surface area contributed by atoms with Gasteiger partial charge in [-0.05, 0) is 31.4 Å². The quantitative estimate of drug-likeness (QED) is 0.718. The second-order valence-corrected chi connectivity index (χ2v) is 5.52. The summed E-state index contributed by atoms with van der Waals surface area (Å²) < 4.78 is 0. The Balaban J connectivity index is 2.23. The van der Waals surface area contributed by atoms with Crippen molar-refractivity contribution in [3.8, 4) is 0 Å². The topological polar surface area (TPSA) is 28.2 Å². The van der Waals surface area contributed by atoms with Crippen molar-refractivity contribution in [1.29, 1.82) is 0 Å². The van der Waals surface area contributed by atoms with Crippen LogP contribution in [0.4, 0.5) is 0 Å². The Morgan fingerprint density at radius 3 is 2.61 bits per heavy atom. The summed E-state index contributed by atoms with van der Waals surface area (Å²) in [7, 11) is 0. The zero-order chi connectivity index (χ0) is 13.4. The lowest BCUT2D eigenvalue weighted by Gasteiger charge is -2.28. The number of pyridine rings is 1. The third-order valence-corrected chi connectivity index (χ3v) is 2.96. The second kappa shape index (κ2) is 8.22. The Hall–Kier alpha value is -0.930. The fourth-order valence-electron chi connectivity index (χ4n) is 1.99. The Labute approximate surface area is 112 Å². The van der Waals surface area contributed by atoms with E-state index >= 15 is 0 Å². The zero-order valence-corrected chi connectivity index (χ0v) is 12.2. The molecule has 0 spiro atoms. The number of nitrogens with one attached hydrogen (secondary N) is 1. The standard InChI is InChI=1S/C15H27N3/c1-13(2)12-18(14(3)4)9-8-17-11-15-6-5-7-16-10-15/h5-7,10,13-14,17H,8-9,11-12H2,1-4H3. The summed E-state index contributed by atoms with van der Waals surface area (Å²) in [6.07, 6.45) is 3.73. The van der Waals surface area contributed by atoms with Crippen LogP contribution in [0.15, 0.2) is 24.5 Å². The van der Waals surface area contributed by atoms with Gasteiger partial charge in [-0.3, -0.25) is 9.88 Å². The summed E-state index contributed by atoms with van der Waals surface area (Å²) >= 11 is 0. The van der Waals surface area contributed by atoms with Crippen molar-refractivity contribution >= 4 is 0 Å². The van der Waals surface area contributed by atoms with Crippen LogP contribution >= 0.6 is 0 Å². The first-order chi connectivity index (χ1) is 8.59. The lowest BCUT2D eigenvalue weighted by Crippen LogP contribution is -2.39. The van der Waals surface area contributed by atoms with Crippen LogP contribution in [-0.4, -0.2) is 35.6 Å². The number of hydrogen-bond acceptors (Lipinski definition) is 3. The molecule has 0 aliphatic rings. The highest BCUT2D eigenvalue weighted by Gasteiger charge is 2.10. The summed E-state index contributed by atoms with van der Waals surface area (Å²) in [6, 6.07) is 4.71. The molecule has 1 rings (SSSR count). The predicted octanol–water partition coefficient (Wildman–Crippen LogP) is 2.54. The number of nitrogens with zero attached hydrogens (tertiary/aromatic N) is 2. The zero-order valence-electron chi connectivity index (χ0n) is 12.2. The summed E-state index contributed by atoms with van der Waals surface area (Å²) in [4.78, 5) is 6.64. The maximum atomic E-state index is 4.12. The summed E-state index contributed by atoms with van der Waals surface area (Å²) in [5.41, 5.74) is 1.25. The summed E-state index contributed by atoms with van der Waals surface area (Å²) in [5.74, 6) is 0.728. The van der Waals surface area contributed by atoms with Gasteiger partial charge in [-0.1, -0.05) is 19.9 Å². The summed E-state index contributed by atoms with van der Waals surface area (Å²) in [5, 5.41) is 3.48. The molecule has 1 N–H and O–H groups in total. The SMILES string of the molecule is CC(C)CN(CCNCc1cccnc1)C(C)C. The average Bonchev–Trinajstić information content (AvgIpc) is 2.33. The molecule has 0 aromatic carbocycles. The molecule has 0 aliphatic heterocycles. The van der Waals surface area contributed by atoms with Gasteiger partial charge in [-0.2, -0.15) is 0 Å². The van der Waals surface area contributed by atoms with E-state index in [1.807, 2.05) is 18.5 Å². The van der Waals surface area contributed by atoms with Gasteiger partial charge in [-0.15, -0.1) is 0 Å². The van der Waals surface area contributed by atoms with Gasteiger partial charge in [0, 0.05) is 44.6 Å². The van der Waals surface area contributed by atoms with Crippen molar-refractivity contribution in [2.45, 2.75) is 40.3 Å². The molecule has 0 atom stereocenters. The Morgan fingerprint density at radius 1 is 1.28 bits per heavy atom. The Bertz CT molecular complexity index is 309. The van der Waals surface area contributed by atoms with Crippen molar-refractivity contribution in [2.75, 3.05) is 19.6 Å². The largest absolute Gasteiger partial charge is 0.311 e. The molecule has 0 bridgehead atoms. The molecular formula is C15H27N3. The molecule has 1 aromatic heterocycles. The maximum Gasteiger partial charge on any atom is 0.0312 e. The molecule has 1 heterocycles. The van der Waals surface area contributed by atoms with E-state index in [4.69, 9.17) is 0 Å². The van der Waals surface area contributed by atoms with Crippen LogP contribution in [0.2, 0.25) is 0 Å². The van der Waals surface area contributed by atoms with Crippen molar-refractivity contribution < 1.29 is 0 Å². The molecule has 18 heavy (non-hydrogen) atoms. The second-order valence-electron chi connectivity index (χ2n) is 5.52. The van der Waals surface area contributed by atoms with Crippen molar-refractivity contribution in [1.82, 2.24) is 15.2 Å². The third-order valence-electron chi connectivity index (χ3n) is 2.96. The third kappa shape index (κ3) is 6.12. The minimum atomic E-state index is 0.618. The first kappa shape index (κ1) is 15.1. The van der Waals surface area contributed by atoms with E-state index in [0.29, 0.717) is 6.04 Å². The molecular weight excluding hydrogens is 222 g/mol. The lowest BCUT2D eigenvalue weighted by atomic mass is 10.2. The van der Waals surface area contributed by atoms with Crippen LogP contribution in [0.5, 0.6) is 0 Å². The smallest absolute Gasteiger partial charge is 0.0312 e. The van der Waals surface area contributed by atoms with Crippen LogP contribution < -0.4 is 5.32 Å². The monoisotopic (exact) mass is 249 g/mol. The van der Waals surface area contributed by atoms with Gasteiger partial charge in [-0.25, -0.2) is 0 Å². The number of hydrogen-bond donors (Lipinski definition) is 1. The van der Waals surface area contributed by atoms with Gasteiger partial charge in [0.25, 0.3) is 0 Å². The van der Waals surface area contributed by atoms with Crippen molar-refractivity contribution in [3.05, 3.63) is 30.1 Å². The average molecular weight is 249 g/mol. The van der Waals surface area contributed by atoms with E-state index in [2.05, 4.69) is 49.0 Å². The van der Waals surface area contributed by atoms with Crippen LogP contribution in [0.1, 0.15) is 33.3 Å². The van der Waals surface area contributed by atoms with Crippen molar-refractivity contribution in [3.63, 3.8) is 0 Å². The Kier molecular flexibility index (Phi) is 6.91. The van der Waals surface area contributed by atoms with Gasteiger partial charge in [0.1, 0.15) is 0 Å². The molecule has 0 amide bonds. The van der Waals surface area contributed by atoms with Gasteiger partial charge in [0.05, 0.1) is 0 Å². The molecule has 1 aromatic rings. The van der Waals surface area contributed by atoms with Gasteiger partial charge in [0.2, 0.25) is 0 Å². The maximum absolute atomic E-state index is 4.12. The molecule has 0 aliphatic carbocycles. The Morgan fingerprint density at radius 2 is 2.06 bits per heavy atom. The van der Waals surface area contributed by atoms with E-state index in [-0.39, 0.29) is 0 Å². The first-order valence-corrected chi connectivity index (χ1v) is 6.93. The molecule has 0 radical (unpaired) electrons. The molecule has 0 saturated carbocycles.